The van der Waals surface area contributed by atoms with E-state index >= 15 is 0 Å². The number of rotatable bonds is 6. The zero-order valence-electron chi connectivity index (χ0n) is 12.2. The van der Waals surface area contributed by atoms with E-state index in [0.29, 0.717) is 6.04 Å². The molecule has 5 nitrogen and oxygen atoms in total. The molecule has 1 aromatic heterocycles. The first-order chi connectivity index (χ1) is 9.61. The van der Waals surface area contributed by atoms with Gasteiger partial charge >= 0.3 is 5.97 Å². The van der Waals surface area contributed by atoms with E-state index in [2.05, 4.69) is 28.4 Å². The second-order valence-electron chi connectivity index (χ2n) is 5.31. The minimum absolute atomic E-state index is 0.0701. The van der Waals surface area contributed by atoms with Crippen molar-refractivity contribution in [3.05, 3.63) is 11.9 Å². The molecule has 1 aliphatic heterocycles. The molecule has 0 bridgehead atoms. The highest BCUT2D eigenvalue weighted by molar-refractivity contribution is 7.99. The van der Waals surface area contributed by atoms with Gasteiger partial charge in [0.25, 0.3) is 0 Å². The van der Waals surface area contributed by atoms with Crippen molar-refractivity contribution in [2.45, 2.75) is 50.4 Å². The molecule has 0 radical (unpaired) electrons. The van der Waals surface area contributed by atoms with Gasteiger partial charge in [-0.15, -0.1) is 0 Å². The number of piperidine rings is 1. The summed E-state index contributed by atoms with van der Waals surface area (Å²) >= 11 is 1.31. The summed E-state index contributed by atoms with van der Waals surface area (Å²) in [6.45, 7) is 4.18. The van der Waals surface area contributed by atoms with E-state index in [-0.39, 0.29) is 5.75 Å². The predicted molar refractivity (Wildman–Crippen MR) is 80.2 cm³/mol. The summed E-state index contributed by atoms with van der Waals surface area (Å²) in [6.07, 6.45) is 6.58. The highest BCUT2D eigenvalue weighted by atomic mass is 32.2. The number of hydrogen-bond acceptors (Lipinski definition) is 4. The molecule has 1 atom stereocenters. The van der Waals surface area contributed by atoms with Crippen LogP contribution < -0.4 is 0 Å². The van der Waals surface area contributed by atoms with Crippen LogP contribution in [0.3, 0.4) is 0 Å². The number of carboxylic acid groups (broad SMARTS) is 1. The number of hydrogen-bond donors (Lipinski definition) is 1. The van der Waals surface area contributed by atoms with Crippen LogP contribution in [0, 0.1) is 0 Å². The van der Waals surface area contributed by atoms with Gasteiger partial charge in [-0.2, -0.15) is 0 Å². The zero-order valence-corrected chi connectivity index (χ0v) is 13.0. The summed E-state index contributed by atoms with van der Waals surface area (Å²) in [4.78, 5) is 17.5. The second-order valence-corrected chi connectivity index (χ2v) is 6.25. The molecule has 6 heteroatoms. The number of thioether (sulfide) groups is 1. The summed E-state index contributed by atoms with van der Waals surface area (Å²) < 4.78 is 2.21. The minimum atomic E-state index is -0.794. The minimum Gasteiger partial charge on any atom is -0.481 e. The van der Waals surface area contributed by atoms with E-state index < -0.39 is 5.97 Å². The third-order valence-electron chi connectivity index (χ3n) is 3.90. The molecule has 20 heavy (non-hydrogen) atoms. The fraction of sp³-hybridized carbons (Fsp3) is 0.714. The average molecular weight is 297 g/mol. The van der Waals surface area contributed by atoms with E-state index in [1.165, 1.54) is 36.7 Å². The van der Waals surface area contributed by atoms with Gasteiger partial charge in [-0.05, 0) is 32.9 Å². The Bertz CT molecular complexity index is 461. The Hall–Kier alpha value is -1.01. The van der Waals surface area contributed by atoms with Gasteiger partial charge in [-0.3, -0.25) is 4.79 Å². The van der Waals surface area contributed by atoms with Crippen molar-refractivity contribution in [1.82, 2.24) is 14.5 Å². The molecule has 1 aliphatic rings. The van der Waals surface area contributed by atoms with E-state index in [0.717, 1.165) is 24.7 Å². The molecule has 0 saturated carbocycles. The van der Waals surface area contributed by atoms with E-state index in [1.807, 2.05) is 6.20 Å². The monoisotopic (exact) mass is 297 g/mol. The Labute approximate surface area is 124 Å². The number of aromatic nitrogens is 2. The number of imidazole rings is 1. The van der Waals surface area contributed by atoms with Gasteiger partial charge in [0, 0.05) is 24.5 Å². The van der Waals surface area contributed by atoms with Crippen molar-refractivity contribution in [3.8, 4) is 0 Å². The molecule has 0 aromatic carbocycles. The number of carbonyl (C=O) groups is 1. The normalized spacial score (nSPS) is 20.2. The second kappa shape index (κ2) is 7.13. The van der Waals surface area contributed by atoms with Crippen molar-refractivity contribution in [2.24, 2.45) is 0 Å². The smallest absolute Gasteiger partial charge is 0.313 e. The van der Waals surface area contributed by atoms with Gasteiger partial charge in [-0.25, -0.2) is 4.98 Å². The Kier molecular flexibility index (Phi) is 5.48. The van der Waals surface area contributed by atoms with Crippen molar-refractivity contribution in [1.29, 1.82) is 0 Å². The SMILES string of the molecule is CCc1cnc(SCC(=O)O)n1CC1CCCCN1C. The van der Waals surface area contributed by atoms with Crippen molar-refractivity contribution in [2.75, 3.05) is 19.3 Å². The van der Waals surface area contributed by atoms with Crippen molar-refractivity contribution >= 4 is 17.7 Å². The molecule has 1 N–H and O–H groups in total. The predicted octanol–water partition coefficient (Wildman–Crippen LogP) is 2.11. The number of carboxylic acids is 1. The Balaban J connectivity index is 2.11. The van der Waals surface area contributed by atoms with Crippen LogP contribution in [-0.4, -0.2) is 50.9 Å². The lowest BCUT2D eigenvalue weighted by atomic mass is 10.0. The molecule has 0 aliphatic carbocycles. The molecule has 2 rings (SSSR count). The highest BCUT2D eigenvalue weighted by Gasteiger charge is 2.21. The summed E-state index contributed by atoms with van der Waals surface area (Å²) in [6, 6.07) is 0.535. The quantitative estimate of drug-likeness (QED) is 0.815. The summed E-state index contributed by atoms with van der Waals surface area (Å²) in [5.41, 5.74) is 1.19. The van der Waals surface area contributed by atoms with Crippen LogP contribution in [0.25, 0.3) is 0 Å². The lowest BCUT2D eigenvalue weighted by Gasteiger charge is -2.33. The molecule has 2 heterocycles. The molecule has 0 amide bonds. The fourth-order valence-corrected chi connectivity index (χ4v) is 3.42. The van der Waals surface area contributed by atoms with Gasteiger partial charge in [-0.1, -0.05) is 25.1 Å². The first kappa shape index (κ1) is 15.4. The standard InChI is InChI=1S/C14H23N3O2S/c1-3-11-8-15-14(20-10-13(18)19)17(11)9-12-6-4-5-7-16(12)2/h8,12H,3-7,9-10H2,1-2H3,(H,18,19). The molecule has 1 aromatic rings. The number of aryl methyl sites for hydroxylation is 1. The average Bonchev–Trinajstić information content (AvgIpc) is 2.81. The molecule has 1 unspecified atom stereocenters. The number of likely N-dealkylation sites (N-methyl/N-ethyl adjacent to an activating group) is 1. The Morgan fingerprint density at radius 2 is 2.35 bits per heavy atom. The summed E-state index contributed by atoms with van der Waals surface area (Å²) in [5.74, 6) is -0.724. The molecule has 112 valence electrons. The first-order valence-corrected chi connectivity index (χ1v) is 8.19. The summed E-state index contributed by atoms with van der Waals surface area (Å²) in [7, 11) is 2.18. The van der Waals surface area contributed by atoms with Crippen molar-refractivity contribution in [3.63, 3.8) is 0 Å². The van der Waals surface area contributed by atoms with Gasteiger partial charge in [0.1, 0.15) is 0 Å². The van der Waals surface area contributed by atoms with Gasteiger partial charge < -0.3 is 14.6 Å². The Morgan fingerprint density at radius 1 is 1.55 bits per heavy atom. The first-order valence-electron chi connectivity index (χ1n) is 7.21. The molecule has 1 fully saturated rings. The van der Waals surface area contributed by atoms with Crippen LogP contribution in [0.4, 0.5) is 0 Å². The maximum Gasteiger partial charge on any atom is 0.313 e. The molecule has 0 spiro atoms. The molecular formula is C14H23N3O2S. The maximum absolute atomic E-state index is 10.7. The number of aliphatic carboxylic acids is 1. The van der Waals surface area contributed by atoms with E-state index in [4.69, 9.17) is 5.11 Å². The van der Waals surface area contributed by atoms with Gasteiger partial charge in [0.05, 0.1) is 5.75 Å². The Morgan fingerprint density at radius 3 is 3.00 bits per heavy atom. The van der Waals surface area contributed by atoms with Gasteiger partial charge in [0.15, 0.2) is 5.16 Å². The van der Waals surface area contributed by atoms with E-state index in [9.17, 15) is 4.79 Å². The number of nitrogens with zero attached hydrogens (tertiary/aromatic N) is 3. The third-order valence-corrected chi connectivity index (χ3v) is 4.88. The molecule has 1 saturated heterocycles. The van der Waals surface area contributed by atoms with Crippen LogP contribution in [0.5, 0.6) is 0 Å². The maximum atomic E-state index is 10.7. The lowest BCUT2D eigenvalue weighted by Crippen LogP contribution is -2.39. The molecular weight excluding hydrogens is 274 g/mol. The van der Waals surface area contributed by atoms with Crippen LogP contribution in [0.1, 0.15) is 31.9 Å². The number of likely N-dealkylation sites (tertiary alicyclic amines) is 1. The zero-order chi connectivity index (χ0) is 14.5. The van der Waals surface area contributed by atoms with E-state index in [1.54, 1.807) is 0 Å². The third kappa shape index (κ3) is 3.76. The fourth-order valence-electron chi connectivity index (χ4n) is 2.70. The highest BCUT2D eigenvalue weighted by Crippen LogP contribution is 2.23. The van der Waals surface area contributed by atoms with Crippen molar-refractivity contribution < 1.29 is 9.90 Å². The van der Waals surface area contributed by atoms with Crippen LogP contribution in [-0.2, 0) is 17.8 Å². The largest absolute Gasteiger partial charge is 0.481 e. The van der Waals surface area contributed by atoms with Crippen LogP contribution >= 0.6 is 11.8 Å². The topological polar surface area (TPSA) is 58.4 Å². The van der Waals surface area contributed by atoms with Gasteiger partial charge in [0.2, 0.25) is 0 Å². The van der Waals surface area contributed by atoms with Crippen LogP contribution in [0.15, 0.2) is 11.4 Å². The lowest BCUT2D eigenvalue weighted by molar-refractivity contribution is -0.133. The summed E-state index contributed by atoms with van der Waals surface area (Å²) in [5, 5.41) is 9.66. The van der Waals surface area contributed by atoms with Crippen LogP contribution in [0.2, 0.25) is 0 Å².